The molecule has 0 radical (unpaired) electrons. The van der Waals surface area contributed by atoms with Crippen LogP contribution in [0.25, 0.3) is 0 Å². The summed E-state index contributed by atoms with van der Waals surface area (Å²) in [5.41, 5.74) is 1.29. The van der Waals surface area contributed by atoms with E-state index in [4.69, 9.17) is 0 Å². The molecule has 176 valence electrons. The molecule has 0 aromatic rings. The fourth-order valence-corrected chi connectivity index (χ4v) is 2.96. The van der Waals surface area contributed by atoms with Gasteiger partial charge in [-0.1, -0.05) is 107 Å². The highest BCUT2D eigenvalue weighted by Crippen LogP contribution is 2.23. The van der Waals surface area contributed by atoms with Crippen LogP contribution in [0.1, 0.15) is 122 Å². The fraction of sp³-hybridized carbons (Fsp3) is 0.862. The highest BCUT2D eigenvalue weighted by Gasteiger charge is 2.10. The Bertz CT molecular complexity index is 359. The predicted octanol–water partition coefficient (Wildman–Crippen LogP) is 10.6. The van der Waals surface area contributed by atoms with Crippen LogP contribution in [0.3, 0.4) is 0 Å². The van der Waals surface area contributed by atoms with Crippen LogP contribution in [0.2, 0.25) is 0 Å². The predicted molar refractivity (Wildman–Crippen MR) is 140 cm³/mol. The monoisotopic (exact) mass is 408 g/mol. The van der Waals surface area contributed by atoms with Crippen LogP contribution in [-0.2, 0) is 0 Å². The van der Waals surface area contributed by atoms with Crippen molar-refractivity contribution in [1.29, 1.82) is 0 Å². The molecule has 0 saturated carbocycles. The third-order valence-corrected chi connectivity index (χ3v) is 5.56. The molecule has 0 aliphatic heterocycles. The van der Waals surface area contributed by atoms with Gasteiger partial charge >= 0.3 is 0 Å². The maximum atomic E-state index is 3.80. The minimum Gasteiger partial charge on any atom is -0.100 e. The lowest BCUT2D eigenvalue weighted by Crippen LogP contribution is -2.10. The minimum atomic E-state index is 0.775. The first kappa shape index (κ1) is 33.1. The average Bonchev–Trinajstić information content (AvgIpc) is 3.06. The van der Waals surface area contributed by atoms with E-state index < -0.39 is 0 Å². The molecule has 0 fully saturated rings. The normalized spacial score (nSPS) is 15.3. The highest BCUT2D eigenvalue weighted by atomic mass is 14.2. The van der Waals surface area contributed by atoms with E-state index in [1.165, 1.54) is 37.7 Å². The largest absolute Gasteiger partial charge is 0.100 e. The van der Waals surface area contributed by atoms with Crippen molar-refractivity contribution in [2.45, 2.75) is 122 Å². The van der Waals surface area contributed by atoms with Crippen LogP contribution >= 0.6 is 0 Å². The van der Waals surface area contributed by atoms with Gasteiger partial charge in [0.1, 0.15) is 0 Å². The molecule has 0 heterocycles. The molecule has 1 rings (SSSR count). The van der Waals surface area contributed by atoms with Crippen molar-refractivity contribution in [3.05, 3.63) is 24.3 Å². The molecule has 0 nitrogen and oxygen atoms in total. The Kier molecular flexibility index (Phi) is 23.7. The quantitative estimate of drug-likeness (QED) is 0.367. The molecule has 1 aliphatic rings. The van der Waals surface area contributed by atoms with Gasteiger partial charge in [-0.2, -0.15) is 0 Å². The topological polar surface area (TPSA) is 0 Å². The van der Waals surface area contributed by atoms with Gasteiger partial charge in [0.25, 0.3) is 0 Å². The van der Waals surface area contributed by atoms with Crippen LogP contribution in [0.15, 0.2) is 24.3 Å². The van der Waals surface area contributed by atoms with Crippen molar-refractivity contribution < 1.29 is 0 Å². The molecular formula is C29H60. The molecule has 29 heavy (non-hydrogen) atoms. The number of allylic oxidation sites excluding steroid dienone is 3. The summed E-state index contributed by atoms with van der Waals surface area (Å²) in [5.74, 6) is 6.00. The van der Waals surface area contributed by atoms with Crippen LogP contribution in [0, 0.1) is 41.4 Å². The van der Waals surface area contributed by atoms with Crippen molar-refractivity contribution in [2.24, 2.45) is 41.4 Å². The molecule has 1 aliphatic carbocycles. The first-order valence-corrected chi connectivity index (χ1v) is 12.5. The zero-order chi connectivity index (χ0) is 23.6. The molecule has 0 amide bonds. The summed E-state index contributed by atoms with van der Waals surface area (Å²) in [6.45, 7) is 33.0. The Morgan fingerprint density at radius 2 is 1.28 bits per heavy atom. The van der Waals surface area contributed by atoms with Gasteiger partial charge < -0.3 is 0 Å². The van der Waals surface area contributed by atoms with E-state index in [9.17, 15) is 0 Å². The Morgan fingerprint density at radius 1 is 0.828 bits per heavy atom. The molecule has 0 heteroatoms. The van der Waals surface area contributed by atoms with E-state index in [2.05, 4.69) is 109 Å². The Labute approximate surface area is 188 Å². The zero-order valence-corrected chi connectivity index (χ0v) is 22.9. The molecule has 0 bridgehead atoms. The number of hydrogen-bond donors (Lipinski definition) is 0. The van der Waals surface area contributed by atoms with Crippen molar-refractivity contribution in [3.8, 4) is 0 Å². The number of hydrogen-bond acceptors (Lipinski definition) is 0. The lowest BCUT2D eigenvalue weighted by Gasteiger charge is -2.18. The Hall–Kier alpha value is -0.520. The highest BCUT2D eigenvalue weighted by molar-refractivity contribution is 4.96. The minimum absolute atomic E-state index is 0.775. The number of rotatable bonds is 7. The summed E-state index contributed by atoms with van der Waals surface area (Å²) in [6.07, 6.45) is 11.3. The molecule has 0 N–H and O–H groups in total. The molecule has 0 spiro atoms. The van der Waals surface area contributed by atoms with Gasteiger partial charge in [0.2, 0.25) is 0 Å². The van der Waals surface area contributed by atoms with Crippen molar-refractivity contribution in [3.63, 3.8) is 0 Å². The van der Waals surface area contributed by atoms with Crippen LogP contribution in [-0.4, -0.2) is 0 Å². The van der Waals surface area contributed by atoms with Gasteiger partial charge in [0.15, 0.2) is 0 Å². The summed E-state index contributed by atoms with van der Waals surface area (Å²) in [5, 5.41) is 0. The molecule has 0 aromatic heterocycles. The molecule has 1 unspecified atom stereocenters. The van der Waals surface area contributed by atoms with Crippen LogP contribution in [0.4, 0.5) is 0 Å². The summed E-state index contributed by atoms with van der Waals surface area (Å²) in [7, 11) is 0. The zero-order valence-electron chi connectivity index (χ0n) is 22.9. The lowest BCUT2D eigenvalue weighted by molar-refractivity contribution is 0.316. The van der Waals surface area contributed by atoms with Gasteiger partial charge in [-0.15, -0.1) is 6.58 Å². The SMILES string of the molecule is C=C(C)CC(C)C.CC(C)C(C)C(C)C.CC(C)CC1C=CCC1.CCC(C)C. The molecule has 0 saturated heterocycles. The van der Waals surface area contributed by atoms with E-state index in [0.717, 1.165) is 41.4 Å². The third-order valence-electron chi connectivity index (χ3n) is 5.56. The second-order valence-electron chi connectivity index (χ2n) is 11.1. The van der Waals surface area contributed by atoms with E-state index in [-0.39, 0.29) is 0 Å². The van der Waals surface area contributed by atoms with Crippen LogP contribution in [0.5, 0.6) is 0 Å². The Morgan fingerprint density at radius 3 is 1.41 bits per heavy atom. The van der Waals surface area contributed by atoms with Gasteiger partial charge in [-0.3, -0.25) is 0 Å². The van der Waals surface area contributed by atoms with Crippen molar-refractivity contribution in [2.75, 3.05) is 0 Å². The van der Waals surface area contributed by atoms with Gasteiger partial charge in [-0.25, -0.2) is 0 Å². The standard InChI is InChI=1S/C9H16.C8H18.C7H14.C5H12/c1-8(2)7-9-5-3-4-6-9;1-6(2)8(5)7(3)4;1-6(2)5-7(3)4;1-4-5(2)3/h3,5,8-9H,4,6-7H2,1-2H3;6-8H,1-5H3;7H,1,5H2,2-4H3;5H,4H2,1-3H3. The van der Waals surface area contributed by atoms with Gasteiger partial charge in [0.05, 0.1) is 0 Å². The second-order valence-corrected chi connectivity index (χ2v) is 11.1. The van der Waals surface area contributed by atoms with Crippen LogP contribution < -0.4 is 0 Å². The third kappa shape index (κ3) is 29.8. The van der Waals surface area contributed by atoms with Crippen molar-refractivity contribution >= 4 is 0 Å². The van der Waals surface area contributed by atoms with E-state index >= 15 is 0 Å². The lowest BCUT2D eigenvalue weighted by atomic mass is 9.88. The fourth-order valence-electron chi connectivity index (χ4n) is 2.96. The Balaban J connectivity index is -0.000000318. The smallest absolute Gasteiger partial charge is 0.0228 e. The summed E-state index contributed by atoms with van der Waals surface area (Å²) in [4.78, 5) is 0. The summed E-state index contributed by atoms with van der Waals surface area (Å²) < 4.78 is 0. The van der Waals surface area contributed by atoms with E-state index in [0.29, 0.717) is 0 Å². The van der Waals surface area contributed by atoms with E-state index in [1.54, 1.807) is 0 Å². The summed E-state index contributed by atoms with van der Waals surface area (Å²) >= 11 is 0. The molecular weight excluding hydrogens is 348 g/mol. The first-order valence-electron chi connectivity index (χ1n) is 12.5. The first-order chi connectivity index (χ1) is 13.2. The average molecular weight is 409 g/mol. The molecule has 0 aromatic carbocycles. The van der Waals surface area contributed by atoms with E-state index in [1.807, 2.05) is 0 Å². The molecule has 1 atom stereocenters. The van der Waals surface area contributed by atoms with Gasteiger partial charge in [0, 0.05) is 0 Å². The van der Waals surface area contributed by atoms with Crippen molar-refractivity contribution in [1.82, 2.24) is 0 Å². The summed E-state index contributed by atoms with van der Waals surface area (Å²) in [6, 6.07) is 0. The maximum Gasteiger partial charge on any atom is -0.0228 e. The maximum absolute atomic E-state index is 3.80. The van der Waals surface area contributed by atoms with Gasteiger partial charge in [-0.05, 0) is 74.0 Å². The second kappa shape index (κ2) is 20.7.